The first-order valence-electron chi connectivity index (χ1n) is 6.19. The highest BCUT2D eigenvalue weighted by molar-refractivity contribution is 5.95. The number of hydrogen-bond acceptors (Lipinski definition) is 3. The summed E-state index contributed by atoms with van der Waals surface area (Å²) in [5.74, 6) is 1.15. The molecule has 2 atom stereocenters. The van der Waals surface area contributed by atoms with Crippen LogP contribution in [0, 0.1) is 30.1 Å². The van der Waals surface area contributed by atoms with E-state index in [0.717, 1.165) is 36.2 Å². The SMILES string of the molecule is Cc1cc(N2CC3CC3C2)c(C#N)cc1C(N)=O. The summed E-state index contributed by atoms with van der Waals surface area (Å²) >= 11 is 0. The molecule has 1 aliphatic heterocycles. The molecule has 0 aromatic heterocycles. The second-order valence-corrected chi connectivity index (χ2v) is 5.32. The van der Waals surface area contributed by atoms with Gasteiger partial charge in [0.25, 0.3) is 0 Å². The maximum absolute atomic E-state index is 11.3. The number of carbonyl (C=O) groups is 1. The number of rotatable bonds is 2. The number of aryl methyl sites for hydroxylation is 1. The molecule has 3 rings (SSSR count). The fraction of sp³-hybridized carbons (Fsp3) is 0.429. The number of amides is 1. The number of nitrogens with zero attached hydrogens (tertiary/aromatic N) is 2. The van der Waals surface area contributed by atoms with E-state index in [0.29, 0.717) is 11.1 Å². The van der Waals surface area contributed by atoms with Gasteiger partial charge in [0.2, 0.25) is 5.91 Å². The lowest BCUT2D eigenvalue weighted by molar-refractivity contribution is 0.0999. The molecule has 92 valence electrons. The smallest absolute Gasteiger partial charge is 0.249 e. The third-order valence-electron chi connectivity index (χ3n) is 4.05. The van der Waals surface area contributed by atoms with Crippen LogP contribution in [-0.4, -0.2) is 19.0 Å². The molecule has 1 heterocycles. The topological polar surface area (TPSA) is 70.1 Å². The highest BCUT2D eigenvalue weighted by Gasteiger charge is 2.45. The average Bonchev–Trinajstić information content (AvgIpc) is 2.95. The molecule has 1 aromatic carbocycles. The molecule has 1 aromatic rings. The number of anilines is 1. The summed E-state index contributed by atoms with van der Waals surface area (Å²) in [6, 6.07) is 5.72. The summed E-state index contributed by atoms with van der Waals surface area (Å²) < 4.78 is 0. The van der Waals surface area contributed by atoms with Gasteiger partial charge in [-0.1, -0.05) is 0 Å². The summed E-state index contributed by atoms with van der Waals surface area (Å²) in [5, 5.41) is 9.22. The lowest BCUT2D eigenvalue weighted by atomic mass is 10.0. The highest BCUT2D eigenvalue weighted by atomic mass is 16.1. The van der Waals surface area contributed by atoms with E-state index in [1.54, 1.807) is 6.07 Å². The summed E-state index contributed by atoms with van der Waals surface area (Å²) in [6.45, 7) is 3.94. The largest absolute Gasteiger partial charge is 0.370 e. The van der Waals surface area contributed by atoms with Crippen molar-refractivity contribution in [3.63, 3.8) is 0 Å². The molecule has 0 radical (unpaired) electrons. The van der Waals surface area contributed by atoms with Crippen LogP contribution in [0.5, 0.6) is 0 Å². The Balaban J connectivity index is 2.01. The van der Waals surface area contributed by atoms with Gasteiger partial charge in [-0.25, -0.2) is 0 Å². The van der Waals surface area contributed by atoms with E-state index in [4.69, 9.17) is 5.73 Å². The monoisotopic (exact) mass is 241 g/mol. The third kappa shape index (κ3) is 1.63. The van der Waals surface area contributed by atoms with Gasteiger partial charge in [0.1, 0.15) is 6.07 Å². The van der Waals surface area contributed by atoms with Crippen LogP contribution in [0.15, 0.2) is 12.1 Å². The Morgan fingerprint density at radius 3 is 2.67 bits per heavy atom. The van der Waals surface area contributed by atoms with E-state index in [-0.39, 0.29) is 0 Å². The number of hydrogen-bond donors (Lipinski definition) is 1. The number of fused-ring (bicyclic) bond motifs is 1. The second kappa shape index (κ2) is 3.74. The van der Waals surface area contributed by atoms with Gasteiger partial charge in [0.05, 0.1) is 11.3 Å². The van der Waals surface area contributed by atoms with Crippen LogP contribution in [0.25, 0.3) is 0 Å². The summed E-state index contributed by atoms with van der Waals surface area (Å²) in [5.41, 5.74) is 8.10. The molecule has 2 aliphatic rings. The molecular weight excluding hydrogens is 226 g/mol. The molecule has 2 N–H and O–H groups in total. The molecule has 1 saturated carbocycles. The van der Waals surface area contributed by atoms with Crippen molar-refractivity contribution in [2.45, 2.75) is 13.3 Å². The van der Waals surface area contributed by atoms with Crippen LogP contribution in [0.1, 0.15) is 27.9 Å². The minimum absolute atomic E-state index is 0.444. The minimum atomic E-state index is -0.472. The van der Waals surface area contributed by atoms with E-state index in [1.807, 2.05) is 13.0 Å². The zero-order valence-corrected chi connectivity index (χ0v) is 10.3. The number of nitrogens with two attached hydrogens (primary N) is 1. The van der Waals surface area contributed by atoms with Gasteiger partial charge >= 0.3 is 0 Å². The van der Waals surface area contributed by atoms with Crippen molar-refractivity contribution in [2.75, 3.05) is 18.0 Å². The predicted molar refractivity (Wildman–Crippen MR) is 68.2 cm³/mol. The fourth-order valence-corrected chi connectivity index (χ4v) is 2.90. The number of nitriles is 1. The Bertz CT molecular complexity index is 563. The first-order chi connectivity index (χ1) is 8.60. The normalized spacial score (nSPS) is 24.6. The molecule has 2 fully saturated rings. The summed E-state index contributed by atoms with van der Waals surface area (Å²) in [6.07, 6.45) is 1.33. The molecule has 1 amide bonds. The number of primary amides is 1. The van der Waals surface area contributed by atoms with Gasteiger partial charge in [-0.15, -0.1) is 0 Å². The predicted octanol–water partition coefficient (Wildman–Crippen LogP) is 1.42. The van der Waals surface area contributed by atoms with Crippen LogP contribution in [0.4, 0.5) is 5.69 Å². The van der Waals surface area contributed by atoms with Crippen LogP contribution >= 0.6 is 0 Å². The molecule has 4 nitrogen and oxygen atoms in total. The highest BCUT2D eigenvalue weighted by Crippen LogP contribution is 2.46. The summed E-state index contributed by atoms with van der Waals surface area (Å²) in [4.78, 5) is 13.5. The molecule has 1 aliphatic carbocycles. The van der Waals surface area contributed by atoms with E-state index in [9.17, 15) is 10.1 Å². The molecular formula is C14H15N3O. The van der Waals surface area contributed by atoms with Crippen molar-refractivity contribution < 1.29 is 4.79 Å². The van der Waals surface area contributed by atoms with Crippen molar-refractivity contribution >= 4 is 11.6 Å². The van der Waals surface area contributed by atoms with Crippen LogP contribution < -0.4 is 10.6 Å². The maximum atomic E-state index is 11.3. The van der Waals surface area contributed by atoms with Gasteiger partial charge in [-0.2, -0.15) is 5.26 Å². The van der Waals surface area contributed by atoms with Crippen molar-refractivity contribution in [3.05, 3.63) is 28.8 Å². The lowest BCUT2D eigenvalue weighted by Crippen LogP contribution is -2.23. The molecule has 2 unspecified atom stereocenters. The molecule has 4 heteroatoms. The third-order valence-corrected chi connectivity index (χ3v) is 4.05. The Hall–Kier alpha value is -2.02. The van der Waals surface area contributed by atoms with Crippen molar-refractivity contribution in [2.24, 2.45) is 17.6 Å². The van der Waals surface area contributed by atoms with Crippen LogP contribution in [0.2, 0.25) is 0 Å². The molecule has 1 saturated heterocycles. The van der Waals surface area contributed by atoms with E-state index in [2.05, 4.69) is 11.0 Å². The summed E-state index contributed by atoms with van der Waals surface area (Å²) in [7, 11) is 0. The van der Waals surface area contributed by atoms with Gasteiger partial charge in [0, 0.05) is 18.7 Å². The fourth-order valence-electron chi connectivity index (χ4n) is 2.90. The Morgan fingerprint density at radius 1 is 1.44 bits per heavy atom. The Kier molecular flexibility index (Phi) is 2.30. The van der Waals surface area contributed by atoms with Crippen molar-refractivity contribution in [1.82, 2.24) is 0 Å². The zero-order valence-electron chi connectivity index (χ0n) is 10.3. The molecule has 18 heavy (non-hydrogen) atoms. The van der Waals surface area contributed by atoms with E-state index in [1.165, 1.54) is 6.42 Å². The van der Waals surface area contributed by atoms with Gasteiger partial charge in [0.15, 0.2) is 0 Å². The lowest BCUT2D eigenvalue weighted by Gasteiger charge is -2.22. The first-order valence-corrected chi connectivity index (χ1v) is 6.19. The number of carbonyl (C=O) groups excluding carboxylic acids is 1. The number of piperidine rings is 1. The zero-order chi connectivity index (χ0) is 12.9. The van der Waals surface area contributed by atoms with E-state index < -0.39 is 5.91 Å². The van der Waals surface area contributed by atoms with E-state index >= 15 is 0 Å². The van der Waals surface area contributed by atoms with Gasteiger partial charge in [-0.05, 0) is 42.9 Å². The second-order valence-electron chi connectivity index (χ2n) is 5.32. The van der Waals surface area contributed by atoms with Crippen molar-refractivity contribution in [1.29, 1.82) is 5.26 Å². The average molecular weight is 241 g/mol. The number of benzene rings is 1. The molecule has 0 bridgehead atoms. The van der Waals surface area contributed by atoms with Gasteiger partial charge in [-0.3, -0.25) is 4.79 Å². The first kappa shape index (κ1) is 11.1. The maximum Gasteiger partial charge on any atom is 0.249 e. The quantitative estimate of drug-likeness (QED) is 0.851. The van der Waals surface area contributed by atoms with Crippen LogP contribution in [0.3, 0.4) is 0 Å². The molecule has 0 spiro atoms. The minimum Gasteiger partial charge on any atom is -0.370 e. The van der Waals surface area contributed by atoms with Gasteiger partial charge < -0.3 is 10.6 Å². The standard InChI is InChI=1S/C14H15N3O/c1-8-2-13(17-6-10-3-11(10)7-17)9(5-15)4-12(8)14(16)18/h2,4,10-11H,3,6-7H2,1H3,(H2,16,18). The Morgan fingerprint density at radius 2 is 2.11 bits per heavy atom. The Labute approximate surface area is 106 Å². The van der Waals surface area contributed by atoms with Crippen LogP contribution in [-0.2, 0) is 0 Å². The van der Waals surface area contributed by atoms with Crippen molar-refractivity contribution in [3.8, 4) is 6.07 Å².